The van der Waals surface area contributed by atoms with Crippen molar-refractivity contribution in [3.63, 3.8) is 0 Å². The molecular weight excluding hydrogens is 310 g/mol. The van der Waals surface area contributed by atoms with Crippen LogP contribution in [0.3, 0.4) is 0 Å². The van der Waals surface area contributed by atoms with Gasteiger partial charge in [-0.1, -0.05) is 49.0 Å². The van der Waals surface area contributed by atoms with Crippen molar-refractivity contribution >= 4 is 17.5 Å². The number of carbonyl (C=O) groups is 1. The number of ketones is 1. The second kappa shape index (κ2) is 7.28. The Morgan fingerprint density at radius 2 is 2.00 bits per heavy atom. The molecule has 1 aromatic carbocycles. The topological polar surface area (TPSA) is 60.9 Å². The molecule has 0 aliphatic carbocycles. The van der Waals surface area contributed by atoms with Gasteiger partial charge in [0, 0.05) is 12.1 Å². The summed E-state index contributed by atoms with van der Waals surface area (Å²) >= 11 is 1.41. The van der Waals surface area contributed by atoms with E-state index < -0.39 is 0 Å². The molecule has 0 bridgehead atoms. The summed E-state index contributed by atoms with van der Waals surface area (Å²) in [6.45, 7) is 2.88. The Hall–Kier alpha value is -2.34. The monoisotopic (exact) mass is 327 g/mol. The SMILES string of the molecule is CCCn1c(SCC(=O)c2ccccc2)nnc1-c1ccco1. The third-order valence-electron chi connectivity index (χ3n) is 3.33. The van der Waals surface area contributed by atoms with Crippen molar-refractivity contribution < 1.29 is 9.21 Å². The van der Waals surface area contributed by atoms with Gasteiger partial charge in [-0.15, -0.1) is 10.2 Å². The van der Waals surface area contributed by atoms with Crippen LogP contribution in [0.1, 0.15) is 23.7 Å². The Balaban J connectivity index is 1.76. The van der Waals surface area contributed by atoms with E-state index in [1.807, 2.05) is 47.0 Å². The van der Waals surface area contributed by atoms with Gasteiger partial charge in [0.25, 0.3) is 0 Å². The molecule has 0 N–H and O–H groups in total. The minimum atomic E-state index is 0.0844. The number of furan rings is 1. The summed E-state index contributed by atoms with van der Waals surface area (Å²) in [7, 11) is 0. The normalized spacial score (nSPS) is 10.8. The van der Waals surface area contributed by atoms with Crippen LogP contribution in [0.4, 0.5) is 0 Å². The zero-order valence-corrected chi connectivity index (χ0v) is 13.6. The number of rotatable bonds is 7. The lowest BCUT2D eigenvalue weighted by Crippen LogP contribution is -2.05. The van der Waals surface area contributed by atoms with Crippen LogP contribution in [-0.4, -0.2) is 26.3 Å². The summed E-state index contributed by atoms with van der Waals surface area (Å²) in [5, 5.41) is 9.17. The third kappa shape index (κ3) is 3.53. The second-order valence-electron chi connectivity index (χ2n) is 5.01. The van der Waals surface area contributed by atoms with Crippen LogP contribution in [0.25, 0.3) is 11.6 Å². The summed E-state index contributed by atoms with van der Waals surface area (Å²) < 4.78 is 7.42. The van der Waals surface area contributed by atoms with Gasteiger partial charge < -0.3 is 4.42 Å². The maximum atomic E-state index is 12.2. The van der Waals surface area contributed by atoms with E-state index in [4.69, 9.17) is 4.42 Å². The summed E-state index contributed by atoms with van der Waals surface area (Å²) in [5.74, 6) is 1.81. The van der Waals surface area contributed by atoms with Crippen LogP contribution in [0.5, 0.6) is 0 Å². The summed E-state index contributed by atoms with van der Waals surface area (Å²) in [6.07, 6.45) is 2.57. The molecule has 3 aromatic rings. The molecule has 0 saturated carbocycles. The molecule has 0 atom stereocenters. The highest BCUT2D eigenvalue weighted by Gasteiger charge is 2.17. The minimum Gasteiger partial charge on any atom is -0.461 e. The number of benzene rings is 1. The number of thioether (sulfide) groups is 1. The van der Waals surface area contributed by atoms with Gasteiger partial charge >= 0.3 is 0 Å². The molecule has 0 amide bonds. The fourth-order valence-corrected chi connectivity index (χ4v) is 3.11. The van der Waals surface area contributed by atoms with E-state index in [-0.39, 0.29) is 5.78 Å². The third-order valence-corrected chi connectivity index (χ3v) is 4.30. The molecule has 0 spiro atoms. The van der Waals surface area contributed by atoms with E-state index in [9.17, 15) is 4.79 Å². The van der Waals surface area contributed by atoms with Crippen LogP contribution in [0, 0.1) is 0 Å². The molecule has 6 heteroatoms. The summed E-state index contributed by atoms with van der Waals surface area (Å²) in [4.78, 5) is 12.2. The van der Waals surface area contributed by atoms with Crippen molar-refractivity contribution in [1.29, 1.82) is 0 Å². The lowest BCUT2D eigenvalue weighted by atomic mass is 10.2. The van der Waals surface area contributed by atoms with Gasteiger partial charge in [-0.05, 0) is 18.6 Å². The first-order valence-corrected chi connectivity index (χ1v) is 8.46. The van der Waals surface area contributed by atoms with Crippen LogP contribution < -0.4 is 0 Å². The van der Waals surface area contributed by atoms with Crippen molar-refractivity contribution in [2.24, 2.45) is 0 Å². The van der Waals surface area contributed by atoms with Crippen molar-refractivity contribution in [3.05, 3.63) is 54.3 Å². The van der Waals surface area contributed by atoms with Gasteiger partial charge in [-0.2, -0.15) is 0 Å². The van der Waals surface area contributed by atoms with E-state index in [0.717, 1.165) is 18.1 Å². The average molecular weight is 327 g/mol. The zero-order chi connectivity index (χ0) is 16.1. The minimum absolute atomic E-state index is 0.0844. The van der Waals surface area contributed by atoms with Gasteiger partial charge in [0.2, 0.25) is 0 Å². The fourth-order valence-electron chi connectivity index (χ4n) is 2.25. The largest absolute Gasteiger partial charge is 0.461 e. The molecule has 5 nitrogen and oxygen atoms in total. The Morgan fingerprint density at radius 3 is 2.70 bits per heavy atom. The maximum absolute atomic E-state index is 12.2. The van der Waals surface area contributed by atoms with Gasteiger partial charge in [-0.25, -0.2) is 0 Å². The molecule has 0 aliphatic heterocycles. The number of hydrogen-bond donors (Lipinski definition) is 0. The van der Waals surface area contributed by atoms with Crippen LogP contribution in [-0.2, 0) is 6.54 Å². The number of carbonyl (C=O) groups excluding carboxylic acids is 1. The van der Waals surface area contributed by atoms with E-state index in [1.165, 1.54) is 11.8 Å². The van der Waals surface area contributed by atoms with Gasteiger partial charge in [0.15, 0.2) is 22.5 Å². The summed E-state index contributed by atoms with van der Waals surface area (Å²) in [6, 6.07) is 13.0. The lowest BCUT2D eigenvalue weighted by molar-refractivity contribution is 0.102. The highest BCUT2D eigenvalue weighted by molar-refractivity contribution is 7.99. The fraction of sp³-hybridized carbons (Fsp3) is 0.235. The Labute approximate surface area is 138 Å². The van der Waals surface area contributed by atoms with Gasteiger partial charge in [0.05, 0.1) is 12.0 Å². The van der Waals surface area contributed by atoms with E-state index in [0.29, 0.717) is 22.9 Å². The summed E-state index contributed by atoms with van der Waals surface area (Å²) in [5.41, 5.74) is 0.716. The molecule has 23 heavy (non-hydrogen) atoms. The first kappa shape index (κ1) is 15.6. The predicted molar refractivity (Wildman–Crippen MR) is 89.5 cm³/mol. The molecule has 3 rings (SSSR count). The number of hydrogen-bond acceptors (Lipinski definition) is 5. The molecule has 0 fully saturated rings. The Kier molecular flexibility index (Phi) is 4.92. The van der Waals surface area contributed by atoms with Crippen LogP contribution in [0.15, 0.2) is 58.3 Å². The maximum Gasteiger partial charge on any atom is 0.200 e. The smallest absolute Gasteiger partial charge is 0.200 e. The van der Waals surface area contributed by atoms with Crippen molar-refractivity contribution in [3.8, 4) is 11.6 Å². The first-order valence-electron chi connectivity index (χ1n) is 7.47. The molecule has 118 valence electrons. The van der Waals surface area contributed by atoms with Crippen molar-refractivity contribution in [1.82, 2.24) is 14.8 Å². The van der Waals surface area contributed by atoms with Crippen molar-refractivity contribution in [2.45, 2.75) is 25.0 Å². The van der Waals surface area contributed by atoms with E-state index in [1.54, 1.807) is 6.26 Å². The first-order chi connectivity index (χ1) is 11.3. The standard InChI is InChI=1S/C17H17N3O2S/c1-2-10-20-16(15-9-6-11-22-15)18-19-17(20)23-12-14(21)13-7-4-3-5-8-13/h3-9,11H,2,10,12H2,1H3. The second-order valence-corrected chi connectivity index (χ2v) is 5.96. The molecular formula is C17H17N3O2S. The Morgan fingerprint density at radius 1 is 1.17 bits per heavy atom. The Bertz CT molecular complexity index is 767. The van der Waals surface area contributed by atoms with Gasteiger partial charge in [-0.3, -0.25) is 9.36 Å². The number of nitrogens with zero attached hydrogens (tertiary/aromatic N) is 3. The molecule has 0 saturated heterocycles. The molecule has 0 aliphatic rings. The quantitative estimate of drug-likeness (QED) is 0.486. The molecule has 0 radical (unpaired) electrons. The lowest BCUT2D eigenvalue weighted by Gasteiger charge is -2.07. The van der Waals surface area contributed by atoms with Crippen LogP contribution in [0.2, 0.25) is 0 Å². The number of Topliss-reactive ketones (excluding diaryl/α,β-unsaturated/α-hetero) is 1. The van der Waals surface area contributed by atoms with Crippen molar-refractivity contribution in [2.75, 3.05) is 5.75 Å². The number of aromatic nitrogens is 3. The van der Waals surface area contributed by atoms with Gasteiger partial charge in [0.1, 0.15) is 0 Å². The highest BCUT2D eigenvalue weighted by atomic mass is 32.2. The highest BCUT2D eigenvalue weighted by Crippen LogP contribution is 2.25. The van der Waals surface area contributed by atoms with E-state index in [2.05, 4.69) is 17.1 Å². The van der Waals surface area contributed by atoms with Crippen LogP contribution >= 0.6 is 11.8 Å². The molecule has 2 heterocycles. The molecule has 0 unspecified atom stereocenters. The molecule has 2 aromatic heterocycles. The van der Waals surface area contributed by atoms with E-state index >= 15 is 0 Å². The average Bonchev–Trinajstić information content (AvgIpc) is 3.23. The predicted octanol–water partition coefficient (Wildman–Crippen LogP) is 3.92. The zero-order valence-electron chi connectivity index (χ0n) is 12.8.